The van der Waals surface area contributed by atoms with Gasteiger partial charge in [0.25, 0.3) is 5.91 Å². The first-order chi connectivity index (χ1) is 9.99. The van der Waals surface area contributed by atoms with Gasteiger partial charge in [-0.3, -0.25) is 4.79 Å². The van der Waals surface area contributed by atoms with E-state index in [1.807, 2.05) is 6.07 Å². The van der Waals surface area contributed by atoms with Crippen molar-refractivity contribution < 1.29 is 23.1 Å². The van der Waals surface area contributed by atoms with Gasteiger partial charge in [0.2, 0.25) is 0 Å². The molecule has 0 aliphatic carbocycles. The summed E-state index contributed by atoms with van der Waals surface area (Å²) in [5.41, 5.74) is -0.108. The molecule has 0 fully saturated rings. The maximum Gasteiger partial charge on any atom is 0.328 e. The highest BCUT2D eigenvalue weighted by atomic mass is 19.2. The fourth-order valence-corrected chi connectivity index (χ4v) is 1.66. The number of unbranched alkanes of at least 4 members (excludes halogenated alkanes) is 1. The summed E-state index contributed by atoms with van der Waals surface area (Å²) in [5, 5.41) is 10.8. The lowest BCUT2D eigenvalue weighted by Gasteiger charge is -2.16. The minimum absolute atomic E-state index is 0.108. The van der Waals surface area contributed by atoms with Gasteiger partial charge < -0.3 is 10.1 Å². The molecule has 1 amide bonds. The summed E-state index contributed by atoms with van der Waals surface area (Å²) >= 11 is 0. The third-order valence-corrected chi connectivity index (χ3v) is 2.75. The summed E-state index contributed by atoms with van der Waals surface area (Å²) in [6.45, 7) is 0. The van der Waals surface area contributed by atoms with E-state index >= 15 is 0 Å². The number of esters is 1. The van der Waals surface area contributed by atoms with E-state index in [-0.39, 0.29) is 18.4 Å². The van der Waals surface area contributed by atoms with Crippen molar-refractivity contribution in [2.45, 2.75) is 25.3 Å². The zero-order valence-electron chi connectivity index (χ0n) is 11.4. The zero-order chi connectivity index (χ0) is 15.8. The minimum atomic E-state index is -1.15. The Morgan fingerprint density at radius 3 is 2.67 bits per heavy atom. The Morgan fingerprint density at radius 2 is 2.10 bits per heavy atom. The summed E-state index contributed by atoms with van der Waals surface area (Å²) < 4.78 is 30.4. The minimum Gasteiger partial charge on any atom is -0.467 e. The Kier molecular flexibility index (Phi) is 6.27. The van der Waals surface area contributed by atoms with E-state index in [4.69, 9.17) is 5.26 Å². The van der Waals surface area contributed by atoms with Gasteiger partial charge in [-0.05, 0) is 31.0 Å². The topological polar surface area (TPSA) is 79.2 Å². The van der Waals surface area contributed by atoms with E-state index in [1.165, 1.54) is 7.11 Å². The summed E-state index contributed by atoms with van der Waals surface area (Å²) in [5.74, 6) is -3.60. The summed E-state index contributed by atoms with van der Waals surface area (Å²) in [4.78, 5) is 23.4. The molecule has 0 saturated carbocycles. The second-order valence-electron chi connectivity index (χ2n) is 4.23. The lowest BCUT2D eigenvalue weighted by Crippen LogP contribution is -2.41. The third-order valence-electron chi connectivity index (χ3n) is 2.75. The molecule has 0 aromatic heterocycles. The highest BCUT2D eigenvalue weighted by Gasteiger charge is 2.22. The number of nitrogens with zero attached hydrogens (tertiary/aromatic N) is 1. The van der Waals surface area contributed by atoms with Crippen molar-refractivity contribution in [2.24, 2.45) is 0 Å². The van der Waals surface area contributed by atoms with E-state index in [1.54, 1.807) is 0 Å². The Bertz CT molecular complexity index is 570. The number of hydrogen-bond acceptors (Lipinski definition) is 4. The van der Waals surface area contributed by atoms with Crippen LogP contribution in [-0.2, 0) is 9.53 Å². The van der Waals surface area contributed by atoms with E-state index in [0.29, 0.717) is 6.42 Å². The molecule has 1 rings (SSSR count). The van der Waals surface area contributed by atoms with Crippen LogP contribution < -0.4 is 5.32 Å². The standard InChI is InChI=1S/C14H14F2N2O3/c1-21-14(20)12(4-2-3-7-17)18-13(19)9-5-6-10(15)11(16)8-9/h5-6,8,12H,2-4H2,1H3,(H,18,19)/t12-/m1/s1. The zero-order valence-corrected chi connectivity index (χ0v) is 11.4. The molecule has 0 aliphatic heterocycles. The Hall–Kier alpha value is -2.49. The molecule has 0 saturated heterocycles. The normalized spacial score (nSPS) is 11.3. The van der Waals surface area contributed by atoms with Crippen LogP contribution >= 0.6 is 0 Å². The first-order valence-electron chi connectivity index (χ1n) is 6.20. The smallest absolute Gasteiger partial charge is 0.328 e. The second kappa shape index (κ2) is 7.94. The number of methoxy groups -OCH3 is 1. The van der Waals surface area contributed by atoms with E-state index in [2.05, 4.69) is 10.1 Å². The van der Waals surface area contributed by atoms with Gasteiger partial charge in [0, 0.05) is 12.0 Å². The predicted molar refractivity (Wildman–Crippen MR) is 69.1 cm³/mol. The fraction of sp³-hybridized carbons (Fsp3) is 0.357. The molecule has 0 spiro atoms. The van der Waals surface area contributed by atoms with Crippen molar-refractivity contribution in [3.63, 3.8) is 0 Å². The predicted octanol–water partition coefficient (Wildman–Crippen LogP) is 1.93. The number of carbonyl (C=O) groups is 2. The molecule has 5 nitrogen and oxygen atoms in total. The molecule has 0 radical (unpaired) electrons. The van der Waals surface area contributed by atoms with Crippen LogP contribution in [0.5, 0.6) is 0 Å². The summed E-state index contributed by atoms with van der Waals surface area (Å²) in [6.07, 6.45) is 0.846. The Labute approximate surface area is 120 Å². The molecule has 21 heavy (non-hydrogen) atoms. The number of ether oxygens (including phenoxy) is 1. The molecule has 0 heterocycles. The van der Waals surface area contributed by atoms with Crippen molar-refractivity contribution >= 4 is 11.9 Å². The molecular weight excluding hydrogens is 282 g/mol. The SMILES string of the molecule is COC(=O)[C@@H](CCCC#N)NC(=O)c1ccc(F)c(F)c1. The van der Waals surface area contributed by atoms with Gasteiger partial charge in [-0.25, -0.2) is 13.6 Å². The number of amides is 1. The average Bonchev–Trinajstić information content (AvgIpc) is 2.48. The van der Waals surface area contributed by atoms with Crippen LogP contribution in [0.4, 0.5) is 8.78 Å². The summed E-state index contributed by atoms with van der Waals surface area (Å²) in [6, 6.07) is 3.66. The van der Waals surface area contributed by atoms with E-state index in [9.17, 15) is 18.4 Å². The number of hydrogen-bond donors (Lipinski definition) is 1. The van der Waals surface area contributed by atoms with Crippen molar-refractivity contribution in [3.8, 4) is 6.07 Å². The third kappa shape index (κ3) is 4.84. The van der Waals surface area contributed by atoms with Crippen LogP contribution in [0.1, 0.15) is 29.6 Å². The molecular formula is C14H14F2N2O3. The molecule has 1 aromatic rings. The first-order valence-corrected chi connectivity index (χ1v) is 6.20. The largest absolute Gasteiger partial charge is 0.467 e. The van der Waals surface area contributed by atoms with Gasteiger partial charge in [-0.1, -0.05) is 0 Å². The fourth-order valence-electron chi connectivity index (χ4n) is 1.66. The van der Waals surface area contributed by atoms with Gasteiger partial charge in [0.1, 0.15) is 6.04 Å². The lowest BCUT2D eigenvalue weighted by atomic mass is 10.1. The van der Waals surface area contributed by atoms with Gasteiger partial charge in [-0.2, -0.15) is 5.26 Å². The van der Waals surface area contributed by atoms with Gasteiger partial charge >= 0.3 is 5.97 Å². The van der Waals surface area contributed by atoms with E-state index < -0.39 is 29.6 Å². The molecule has 1 N–H and O–H groups in total. The maximum absolute atomic E-state index is 13.1. The second-order valence-corrected chi connectivity index (χ2v) is 4.23. The summed E-state index contributed by atoms with van der Waals surface area (Å²) in [7, 11) is 1.17. The monoisotopic (exact) mass is 296 g/mol. The first kappa shape index (κ1) is 16.6. The maximum atomic E-state index is 13.1. The quantitative estimate of drug-likeness (QED) is 0.642. The average molecular weight is 296 g/mol. The van der Waals surface area contributed by atoms with Crippen LogP contribution in [0, 0.1) is 23.0 Å². The van der Waals surface area contributed by atoms with Gasteiger partial charge in [0.15, 0.2) is 11.6 Å². The van der Waals surface area contributed by atoms with Crippen molar-refractivity contribution in [1.29, 1.82) is 5.26 Å². The lowest BCUT2D eigenvalue weighted by molar-refractivity contribution is -0.143. The van der Waals surface area contributed by atoms with Crippen LogP contribution in [0.3, 0.4) is 0 Å². The van der Waals surface area contributed by atoms with Gasteiger partial charge in [0.05, 0.1) is 13.2 Å². The molecule has 0 bridgehead atoms. The van der Waals surface area contributed by atoms with Crippen LogP contribution in [0.15, 0.2) is 18.2 Å². The van der Waals surface area contributed by atoms with Crippen LogP contribution in [0.25, 0.3) is 0 Å². The molecule has 1 aromatic carbocycles. The highest BCUT2D eigenvalue weighted by molar-refractivity contribution is 5.96. The highest BCUT2D eigenvalue weighted by Crippen LogP contribution is 2.10. The van der Waals surface area contributed by atoms with Crippen molar-refractivity contribution in [1.82, 2.24) is 5.32 Å². The number of nitriles is 1. The van der Waals surface area contributed by atoms with Gasteiger partial charge in [-0.15, -0.1) is 0 Å². The number of nitrogens with one attached hydrogen (secondary N) is 1. The molecule has 0 unspecified atom stereocenters. The van der Waals surface area contributed by atoms with Crippen molar-refractivity contribution in [2.75, 3.05) is 7.11 Å². The molecule has 1 atom stereocenters. The molecule has 0 aliphatic rings. The van der Waals surface area contributed by atoms with Crippen molar-refractivity contribution in [3.05, 3.63) is 35.4 Å². The molecule has 112 valence electrons. The number of halogens is 2. The number of rotatable bonds is 6. The number of benzene rings is 1. The van der Waals surface area contributed by atoms with E-state index in [0.717, 1.165) is 18.2 Å². The number of carbonyl (C=O) groups excluding carboxylic acids is 2. The Balaban J connectivity index is 2.77. The molecule has 7 heteroatoms. The van der Waals surface area contributed by atoms with Crippen LogP contribution in [0.2, 0.25) is 0 Å². The Morgan fingerprint density at radius 1 is 1.38 bits per heavy atom. The van der Waals surface area contributed by atoms with Crippen LogP contribution in [-0.4, -0.2) is 25.0 Å².